The predicted molar refractivity (Wildman–Crippen MR) is 205 cm³/mol. The van der Waals surface area contributed by atoms with E-state index in [0.29, 0.717) is 16.7 Å². The van der Waals surface area contributed by atoms with Gasteiger partial charge in [0.05, 0.1) is 24.5 Å². The summed E-state index contributed by atoms with van der Waals surface area (Å²) < 4.78 is 59.1. The molecule has 3 fully saturated rings. The van der Waals surface area contributed by atoms with Crippen LogP contribution in [0.5, 0.6) is 5.75 Å². The van der Waals surface area contributed by atoms with Crippen molar-refractivity contribution in [2.45, 2.75) is 78.6 Å². The van der Waals surface area contributed by atoms with Crippen molar-refractivity contribution in [2.75, 3.05) is 17.3 Å². The average Bonchev–Trinajstić information content (AvgIpc) is 3.22. The number of anilines is 1. The zero-order valence-corrected chi connectivity index (χ0v) is 32.1. The van der Waals surface area contributed by atoms with E-state index in [1.165, 1.54) is 41.3 Å². The number of carboxylic acids is 1. The normalized spacial score (nSPS) is 31.3. The van der Waals surface area contributed by atoms with Gasteiger partial charge in [0, 0.05) is 11.3 Å². The van der Waals surface area contributed by atoms with Gasteiger partial charge in [0.15, 0.2) is 21.2 Å². The molecular weight excluding hydrogens is 814 g/mol. The molecule has 3 aliphatic heterocycles. The highest BCUT2D eigenvalue weighted by Gasteiger charge is 2.57. The Hall–Kier alpha value is -4.90. The summed E-state index contributed by atoms with van der Waals surface area (Å²) in [5, 5.41) is 91.5. The van der Waals surface area contributed by atoms with Crippen LogP contribution in [0.15, 0.2) is 97.1 Å². The van der Waals surface area contributed by atoms with Gasteiger partial charge in [-0.15, -0.1) is 0 Å². The summed E-state index contributed by atoms with van der Waals surface area (Å²) in [4.78, 5) is 27.1. The lowest BCUT2D eigenvalue weighted by molar-refractivity contribution is -0.271. The number of benzene rings is 4. The Kier molecular flexibility index (Phi) is 12.4. The number of aliphatic carboxylic acids is 1. The van der Waals surface area contributed by atoms with E-state index in [9.17, 15) is 68.4 Å². The summed E-state index contributed by atoms with van der Waals surface area (Å²) in [7, 11) is -4.56. The molecule has 3 saturated heterocycles. The number of halogens is 1. The number of carbonyl (C=O) groups excluding carboxylic acids is 1. The van der Waals surface area contributed by atoms with Crippen LogP contribution in [0.2, 0.25) is 0 Å². The van der Waals surface area contributed by atoms with Crippen LogP contribution in [-0.4, -0.2) is 139 Å². The number of β-lactam (4-membered cyclic amide) rings is 1. The third-order valence-electron chi connectivity index (χ3n) is 11.0. The first-order chi connectivity index (χ1) is 28.5. The van der Waals surface area contributed by atoms with E-state index in [1.807, 2.05) is 0 Å². The Morgan fingerprint density at radius 3 is 2.05 bits per heavy atom. The number of carbonyl (C=O) groups is 2. The Morgan fingerprint density at radius 1 is 0.783 bits per heavy atom. The first kappa shape index (κ1) is 43.2. The summed E-state index contributed by atoms with van der Waals surface area (Å²) in [6.07, 6.45) is -18.9. The van der Waals surface area contributed by atoms with Crippen molar-refractivity contribution >= 4 is 27.4 Å². The fourth-order valence-electron chi connectivity index (χ4n) is 7.67. The van der Waals surface area contributed by atoms with E-state index < -0.39 is 119 Å². The van der Waals surface area contributed by atoms with E-state index in [1.54, 1.807) is 48.5 Å². The third kappa shape index (κ3) is 8.14. The van der Waals surface area contributed by atoms with Crippen molar-refractivity contribution in [3.8, 4) is 16.9 Å². The van der Waals surface area contributed by atoms with Crippen molar-refractivity contribution < 1.29 is 82.6 Å². The Bertz CT molecular complexity index is 2280. The predicted octanol–water partition coefficient (Wildman–Crippen LogP) is -0.117. The summed E-state index contributed by atoms with van der Waals surface area (Å²) in [5.41, 5.74) is 1.53. The fourth-order valence-corrected chi connectivity index (χ4v) is 9.59. The van der Waals surface area contributed by atoms with Crippen LogP contribution in [-0.2, 0) is 28.9 Å². The molecule has 1 amide bonds. The molecule has 0 spiro atoms. The SMILES string of the molecule is O=C(O)C1O[C@@H](Oc2cc(-c3ccc(C4O[C@H](CO)[C@@H](O)[C@H](O)[C@H]4O)cc3)ccc2[C@@H]2[C@@H](S(=O)(=O)C[C@H](O)c3ccc(F)cc3)C(=O)N2c2ccccc2)C(O)[C@@H](O)C1O. The molecule has 0 saturated carbocycles. The van der Waals surface area contributed by atoms with Crippen molar-refractivity contribution in [3.63, 3.8) is 0 Å². The molecule has 7 rings (SSSR count). The third-order valence-corrected chi connectivity index (χ3v) is 13.0. The number of aliphatic hydroxyl groups excluding tert-OH is 8. The number of ether oxygens (including phenoxy) is 3. The van der Waals surface area contributed by atoms with Crippen LogP contribution >= 0.6 is 0 Å². The van der Waals surface area contributed by atoms with Crippen molar-refractivity contribution in [1.29, 1.82) is 0 Å². The Morgan fingerprint density at radius 2 is 1.42 bits per heavy atom. The van der Waals surface area contributed by atoms with Crippen LogP contribution in [0.3, 0.4) is 0 Å². The molecule has 4 aromatic carbocycles. The number of hydrogen-bond donors (Lipinski definition) is 9. The second-order valence-electron chi connectivity index (χ2n) is 14.8. The second-order valence-corrected chi connectivity index (χ2v) is 17.0. The van der Waals surface area contributed by atoms with E-state index in [4.69, 9.17) is 14.2 Å². The van der Waals surface area contributed by atoms with Crippen LogP contribution in [0, 0.1) is 5.82 Å². The number of aliphatic hydroxyl groups is 8. The Labute approximate surface area is 341 Å². The minimum Gasteiger partial charge on any atom is -0.479 e. The summed E-state index contributed by atoms with van der Waals surface area (Å²) >= 11 is 0. The number of sulfone groups is 1. The first-order valence-corrected chi connectivity index (χ1v) is 20.4. The van der Waals surface area contributed by atoms with Gasteiger partial charge in [-0.3, -0.25) is 4.79 Å². The minimum atomic E-state index is -4.56. The number of rotatable bonds is 12. The van der Waals surface area contributed by atoms with E-state index in [0.717, 1.165) is 12.1 Å². The van der Waals surface area contributed by atoms with E-state index >= 15 is 0 Å². The maximum atomic E-state index is 14.2. The highest BCUT2D eigenvalue weighted by Crippen LogP contribution is 2.48. The standard InChI is InChI=1S/C41H42FNO16S/c42-23-13-10-20(11-14-23)26(45)18-60(55,56)38-29(43(39(38)52)24-4-2-1-3-5-24)25-15-12-22(16-27(25)58-41-35(51)32(48)34(50)37(59-41)40(53)54)19-6-8-21(9-7-19)36-33(49)31(47)30(46)28(17-44)57-36/h1-16,26,28-38,41,44-51H,17-18H2,(H,53,54)/t26-,28+,29+,30+,31-,32-,33+,34?,35?,36?,37?,38+,41+/m0/s1. The van der Waals surface area contributed by atoms with Gasteiger partial charge in [0.25, 0.3) is 0 Å². The topological polar surface area (TPSA) is 281 Å². The summed E-state index contributed by atoms with van der Waals surface area (Å²) in [6.45, 7) is -0.636. The zero-order valence-electron chi connectivity index (χ0n) is 31.3. The van der Waals surface area contributed by atoms with Crippen molar-refractivity contribution in [1.82, 2.24) is 0 Å². The van der Waals surface area contributed by atoms with Crippen LogP contribution < -0.4 is 9.64 Å². The number of amides is 1. The lowest BCUT2D eigenvalue weighted by atomic mass is 9.89. The molecule has 17 nitrogen and oxygen atoms in total. The molecule has 3 heterocycles. The maximum absolute atomic E-state index is 14.2. The van der Waals surface area contributed by atoms with Gasteiger partial charge >= 0.3 is 5.97 Å². The van der Waals surface area contributed by atoms with Gasteiger partial charge in [-0.1, -0.05) is 66.7 Å². The summed E-state index contributed by atoms with van der Waals surface area (Å²) in [6, 6.07) is 21.7. The molecule has 0 aliphatic carbocycles. The molecule has 13 atom stereocenters. The Balaban J connectivity index is 1.30. The van der Waals surface area contributed by atoms with Gasteiger partial charge in [0.1, 0.15) is 60.4 Å². The average molecular weight is 856 g/mol. The highest BCUT2D eigenvalue weighted by atomic mass is 32.2. The molecular formula is C41H42FNO16S. The molecule has 320 valence electrons. The number of nitrogens with zero attached hydrogens (tertiary/aromatic N) is 1. The molecule has 0 aromatic heterocycles. The lowest BCUT2D eigenvalue weighted by Crippen LogP contribution is -2.63. The number of hydrogen-bond acceptors (Lipinski definition) is 15. The van der Waals surface area contributed by atoms with Gasteiger partial charge in [0.2, 0.25) is 12.2 Å². The van der Waals surface area contributed by atoms with Gasteiger partial charge in [-0.25, -0.2) is 17.6 Å². The van der Waals surface area contributed by atoms with Gasteiger partial charge in [-0.05, 0) is 52.6 Å². The molecule has 60 heavy (non-hydrogen) atoms. The van der Waals surface area contributed by atoms with Crippen molar-refractivity contribution in [3.05, 3.63) is 120 Å². The molecule has 0 bridgehead atoms. The summed E-state index contributed by atoms with van der Waals surface area (Å²) in [5.74, 6) is -4.38. The molecule has 19 heteroatoms. The molecule has 4 aromatic rings. The monoisotopic (exact) mass is 855 g/mol. The largest absolute Gasteiger partial charge is 0.479 e. The van der Waals surface area contributed by atoms with Crippen molar-refractivity contribution in [2.24, 2.45) is 0 Å². The molecule has 4 unspecified atom stereocenters. The number of para-hydroxylation sites is 1. The first-order valence-electron chi connectivity index (χ1n) is 18.7. The van der Waals surface area contributed by atoms with Gasteiger partial charge < -0.3 is 65.1 Å². The number of carboxylic acid groups (broad SMARTS) is 1. The molecule has 9 N–H and O–H groups in total. The van der Waals surface area contributed by atoms with Gasteiger partial charge in [-0.2, -0.15) is 0 Å². The van der Waals surface area contributed by atoms with E-state index in [2.05, 4.69) is 0 Å². The highest BCUT2D eigenvalue weighted by molar-refractivity contribution is 7.93. The van der Waals surface area contributed by atoms with Crippen LogP contribution in [0.1, 0.15) is 34.9 Å². The lowest BCUT2D eigenvalue weighted by Gasteiger charge is -2.47. The zero-order chi connectivity index (χ0) is 43.2. The second kappa shape index (κ2) is 17.2. The van der Waals surface area contributed by atoms with Crippen LogP contribution in [0.4, 0.5) is 10.1 Å². The fraction of sp³-hybridized carbons (Fsp3) is 0.366. The van der Waals surface area contributed by atoms with E-state index in [-0.39, 0.29) is 22.6 Å². The molecule has 0 radical (unpaired) electrons. The van der Waals surface area contributed by atoms with Crippen LogP contribution in [0.25, 0.3) is 11.1 Å². The minimum absolute atomic E-state index is 0.00766. The quantitative estimate of drug-likeness (QED) is 0.0841. The molecule has 3 aliphatic rings. The smallest absolute Gasteiger partial charge is 0.335 e. The maximum Gasteiger partial charge on any atom is 0.335 e.